The molecule has 0 aromatic heterocycles. The molecule has 4 nitrogen and oxygen atoms in total. The number of carbonyl (C=O) groups excluding carboxylic acids is 1. The summed E-state index contributed by atoms with van der Waals surface area (Å²) >= 11 is 6.00. The van der Waals surface area contributed by atoms with Gasteiger partial charge in [0.15, 0.2) is 0 Å². The number of aryl methyl sites for hydroxylation is 1. The van der Waals surface area contributed by atoms with Crippen LogP contribution in [0.5, 0.6) is 0 Å². The lowest BCUT2D eigenvalue weighted by Gasteiger charge is -2.13. The molecule has 2 aromatic rings. The third kappa shape index (κ3) is 3.67. The van der Waals surface area contributed by atoms with Crippen LogP contribution in [0.1, 0.15) is 22.8 Å². The predicted molar refractivity (Wildman–Crippen MR) is 86.3 cm³/mol. The predicted octanol–water partition coefficient (Wildman–Crippen LogP) is 4.15. The molecular formula is C16H17ClN2O2. The number of rotatable bonds is 4. The first kappa shape index (κ1) is 15.2. The van der Waals surface area contributed by atoms with Crippen molar-refractivity contribution in [2.45, 2.75) is 13.8 Å². The Bertz CT molecular complexity index is 671. The first-order valence-electron chi connectivity index (χ1n) is 6.61. The highest BCUT2D eigenvalue weighted by Gasteiger charge is 2.10. The number of anilines is 3. The molecule has 0 bridgehead atoms. The van der Waals surface area contributed by atoms with E-state index in [0.29, 0.717) is 28.6 Å². The molecule has 0 radical (unpaired) electrons. The van der Waals surface area contributed by atoms with Crippen molar-refractivity contribution in [3.05, 3.63) is 52.5 Å². The van der Waals surface area contributed by atoms with Gasteiger partial charge in [0.1, 0.15) is 0 Å². The minimum Gasteiger partial charge on any atom is -0.462 e. The van der Waals surface area contributed by atoms with Crippen molar-refractivity contribution in [2.24, 2.45) is 0 Å². The molecule has 0 aliphatic carbocycles. The van der Waals surface area contributed by atoms with Crippen molar-refractivity contribution in [3.8, 4) is 0 Å². The molecule has 0 heterocycles. The lowest BCUT2D eigenvalue weighted by atomic mass is 10.1. The Morgan fingerprint density at radius 2 is 2.00 bits per heavy atom. The summed E-state index contributed by atoms with van der Waals surface area (Å²) < 4.78 is 4.99. The zero-order valence-corrected chi connectivity index (χ0v) is 12.7. The van der Waals surface area contributed by atoms with Crippen LogP contribution in [0.3, 0.4) is 0 Å². The first-order valence-corrected chi connectivity index (χ1v) is 6.99. The largest absolute Gasteiger partial charge is 0.462 e. The maximum absolute atomic E-state index is 11.8. The van der Waals surface area contributed by atoms with Crippen LogP contribution in [-0.4, -0.2) is 12.6 Å². The highest BCUT2D eigenvalue weighted by molar-refractivity contribution is 6.30. The van der Waals surface area contributed by atoms with Gasteiger partial charge in [-0.15, -0.1) is 0 Å². The van der Waals surface area contributed by atoms with Gasteiger partial charge in [-0.2, -0.15) is 0 Å². The van der Waals surface area contributed by atoms with Gasteiger partial charge in [-0.05, 0) is 49.7 Å². The molecule has 5 heteroatoms. The van der Waals surface area contributed by atoms with Gasteiger partial charge in [0, 0.05) is 10.7 Å². The fraction of sp³-hybridized carbons (Fsp3) is 0.188. The Kier molecular flexibility index (Phi) is 4.70. The molecule has 0 fully saturated rings. The monoisotopic (exact) mass is 304 g/mol. The molecule has 0 saturated heterocycles. The summed E-state index contributed by atoms with van der Waals surface area (Å²) in [6.07, 6.45) is 0. The topological polar surface area (TPSA) is 64.3 Å². The number of ether oxygens (including phenoxy) is 1. The smallest absolute Gasteiger partial charge is 0.338 e. The Morgan fingerprint density at radius 3 is 2.71 bits per heavy atom. The number of nitrogens with one attached hydrogen (secondary N) is 1. The van der Waals surface area contributed by atoms with Gasteiger partial charge in [-0.3, -0.25) is 0 Å². The van der Waals surface area contributed by atoms with E-state index < -0.39 is 0 Å². The van der Waals surface area contributed by atoms with E-state index in [-0.39, 0.29) is 5.97 Å². The van der Waals surface area contributed by atoms with E-state index in [9.17, 15) is 4.79 Å². The first-order chi connectivity index (χ1) is 10.0. The fourth-order valence-corrected chi connectivity index (χ4v) is 2.05. The molecule has 0 amide bonds. The second-order valence-corrected chi connectivity index (χ2v) is 5.04. The van der Waals surface area contributed by atoms with Crippen molar-refractivity contribution in [1.82, 2.24) is 0 Å². The molecule has 2 aromatic carbocycles. The molecule has 0 spiro atoms. The van der Waals surface area contributed by atoms with Gasteiger partial charge in [-0.25, -0.2) is 4.79 Å². The van der Waals surface area contributed by atoms with Crippen LogP contribution in [0.4, 0.5) is 17.1 Å². The minimum absolute atomic E-state index is 0.333. The molecule has 0 aliphatic heterocycles. The van der Waals surface area contributed by atoms with Crippen LogP contribution in [0, 0.1) is 6.92 Å². The highest BCUT2D eigenvalue weighted by Crippen LogP contribution is 2.28. The third-order valence-electron chi connectivity index (χ3n) is 3.03. The lowest BCUT2D eigenvalue weighted by molar-refractivity contribution is 0.0526. The second kappa shape index (κ2) is 6.50. The Labute approximate surface area is 128 Å². The number of hydrogen-bond acceptors (Lipinski definition) is 4. The van der Waals surface area contributed by atoms with E-state index in [2.05, 4.69) is 5.32 Å². The number of nitrogen functional groups attached to an aromatic ring is 1. The highest BCUT2D eigenvalue weighted by atomic mass is 35.5. The molecule has 0 saturated carbocycles. The van der Waals surface area contributed by atoms with Gasteiger partial charge in [0.25, 0.3) is 0 Å². The van der Waals surface area contributed by atoms with Crippen LogP contribution in [0.25, 0.3) is 0 Å². The van der Waals surface area contributed by atoms with E-state index in [1.807, 2.05) is 25.1 Å². The minimum atomic E-state index is -0.372. The summed E-state index contributed by atoms with van der Waals surface area (Å²) in [6, 6.07) is 10.5. The third-order valence-corrected chi connectivity index (χ3v) is 3.27. The molecule has 0 unspecified atom stereocenters. The van der Waals surface area contributed by atoms with Gasteiger partial charge in [0.05, 0.1) is 23.5 Å². The summed E-state index contributed by atoms with van der Waals surface area (Å²) in [5.74, 6) is -0.372. The van der Waals surface area contributed by atoms with Crippen LogP contribution >= 0.6 is 11.6 Å². The van der Waals surface area contributed by atoms with Crippen molar-refractivity contribution >= 4 is 34.6 Å². The quantitative estimate of drug-likeness (QED) is 0.658. The van der Waals surface area contributed by atoms with Crippen LogP contribution in [0.2, 0.25) is 5.02 Å². The summed E-state index contributed by atoms with van der Waals surface area (Å²) in [5.41, 5.74) is 9.46. The van der Waals surface area contributed by atoms with E-state index in [4.69, 9.17) is 22.1 Å². The molecule has 21 heavy (non-hydrogen) atoms. The molecule has 0 aliphatic rings. The van der Waals surface area contributed by atoms with Gasteiger partial charge < -0.3 is 15.8 Å². The van der Waals surface area contributed by atoms with Crippen molar-refractivity contribution < 1.29 is 9.53 Å². The molecule has 110 valence electrons. The standard InChI is InChI=1S/C16H17ClN2O2/c1-3-21-16(20)11-5-7-13(18)15(8-11)19-14-9-12(17)6-4-10(14)2/h4-9,19H,3,18H2,1-2H3. The molecule has 3 N–H and O–H groups in total. The number of halogens is 1. The molecular weight excluding hydrogens is 288 g/mol. The van der Waals surface area contributed by atoms with Gasteiger partial charge in [0.2, 0.25) is 0 Å². The Morgan fingerprint density at radius 1 is 1.24 bits per heavy atom. The van der Waals surface area contributed by atoms with E-state index in [1.54, 1.807) is 25.1 Å². The number of hydrogen-bond donors (Lipinski definition) is 2. The summed E-state index contributed by atoms with van der Waals surface area (Å²) in [4.78, 5) is 11.8. The Hall–Kier alpha value is -2.20. The summed E-state index contributed by atoms with van der Waals surface area (Å²) in [7, 11) is 0. The molecule has 2 rings (SSSR count). The van der Waals surface area contributed by atoms with Gasteiger partial charge in [-0.1, -0.05) is 17.7 Å². The van der Waals surface area contributed by atoms with E-state index in [1.165, 1.54) is 0 Å². The van der Waals surface area contributed by atoms with Crippen molar-refractivity contribution in [2.75, 3.05) is 17.7 Å². The maximum atomic E-state index is 11.8. The average Bonchev–Trinajstić information content (AvgIpc) is 2.45. The van der Waals surface area contributed by atoms with Crippen molar-refractivity contribution in [3.63, 3.8) is 0 Å². The van der Waals surface area contributed by atoms with Crippen LogP contribution in [0.15, 0.2) is 36.4 Å². The normalized spacial score (nSPS) is 10.2. The maximum Gasteiger partial charge on any atom is 0.338 e. The number of carbonyl (C=O) groups is 1. The summed E-state index contributed by atoms with van der Waals surface area (Å²) in [6.45, 7) is 4.06. The van der Waals surface area contributed by atoms with Crippen LogP contribution in [-0.2, 0) is 4.74 Å². The zero-order chi connectivity index (χ0) is 15.4. The fourth-order valence-electron chi connectivity index (χ4n) is 1.88. The van der Waals surface area contributed by atoms with Crippen LogP contribution < -0.4 is 11.1 Å². The average molecular weight is 305 g/mol. The second-order valence-electron chi connectivity index (χ2n) is 4.61. The molecule has 0 atom stereocenters. The SMILES string of the molecule is CCOC(=O)c1ccc(N)c(Nc2cc(Cl)ccc2C)c1. The number of benzene rings is 2. The number of esters is 1. The van der Waals surface area contributed by atoms with Crippen molar-refractivity contribution in [1.29, 1.82) is 0 Å². The zero-order valence-electron chi connectivity index (χ0n) is 11.9. The van der Waals surface area contributed by atoms with E-state index in [0.717, 1.165) is 11.3 Å². The van der Waals surface area contributed by atoms with Gasteiger partial charge >= 0.3 is 5.97 Å². The Balaban J connectivity index is 2.33. The lowest BCUT2D eigenvalue weighted by Crippen LogP contribution is -2.06. The van der Waals surface area contributed by atoms with E-state index >= 15 is 0 Å². The number of nitrogens with two attached hydrogens (primary N) is 1. The summed E-state index contributed by atoms with van der Waals surface area (Å²) in [5, 5.41) is 3.83.